The van der Waals surface area contributed by atoms with E-state index in [1.807, 2.05) is 62.4 Å². The van der Waals surface area contributed by atoms with Crippen molar-refractivity contribution in [3.05, 3.63) is 71.1 Å². The molecule has 2 N–H and O–H groups in total. The second-order valence-electron chi connectivity index (χ2n) is 8.56. The first-order chi connectivity index (χ1) is 16.5. The first-order valence-electron chi connectivity index (χ1n) is 11.4. The smallest absolute Gasteiger partial charge is 0.315 e. The summed E-state index contributed by atoms with van der Waals surface area (Å²) in [6, 6.07) is 15.6. The molecule has 9 heteroatoms. The largest absolute Gasteiger partial charge is 0.339 e. The summed E-state index contributed by atoms with van der Waals surface area (Å²) < 4.78 is 5.41. The minimum atomic E-state index is -0.353. The summed E-state index contributed by atoms with van der Waals surface area (Å²) in [5.74, 6) is 1.04. The number of carbonyl (C=O) groups excluding carboxylic acids is 2. The van der Waals surface area contributed by atoms with Crippen molar-refractivity contribution < 1.29 is 14.1 Å². The Labute approximate surface area is 199 Å². The number of benzene rings is 2. The van der Waals surface area contributed by atoms with Gasteiger partial charge in [0, 0.05) is 38.3 Å². The van der Waals surface area contributed by atoms with Crippen molar-refractivity contribution in [1.82, 2.24) is 30.6 Å². The van der Waals surface area contributed by atoms with Crippen LogP contribution in [0.15, 0.2) is 53.1 Å². The predicted molar refractivity (Wildman–Crippen MR) is 128 cm³/mol. The molecule has 3 aromatic rings. The fraction of sp³-hybridized carbons (Fsp3) is 0.360. The predicted octanol–water partition coefficient (Wildman–Crippen LogP) is 2.50. The van der Waals surface area contributed by atoms with E-state index >= 15 is 0 Å². The van der Waals surface area contributed by atoms with Gasteiger partial charge in [0.2, 0.25) is 17.6 Å². The summed E-state index contributed by atoms with van der Waals surface area (Å²) in [5, 5.41) is 9.50. The van der Waals surface area contributed by atoms with Gasteiger partial charge in [0.05, 0.1) is 13.1 Å². The monoisotopic (exact) mass is 462 g/mol. The van der Waals surface area contributed by atoms with Crippen LogP contribution in [0, 0.1) is 13.8 Å². The zero-order valence-electron chi connectivity index (χ0n) is 19.6. The molecular formula is C25H30N6O3. The zero-order chi connectivity index (χ0) is 23.9. The highest BCUT2D eigenvalue weighted by Gasteiger charge is 2.23. The summed E-state index contributed by atoms with van der Waals surface area (Å²) in [4.78, 5) is 33.0. The van der Waals surface area contributed by atoms with E-state index in [0.29, 0.717) is 51.0 Å². The number of aryl methyl sites for hydroxylation is 2. The quantitative estimate of drug-likeness (QED) is 0.559. The number of nitrogens with zero attached hydrogens (tertiary/aromatic N) is 4. The normalized spacial score (nSPS) is 14.1. The molecule has 1 fully saturated rings. The van der Waals surface area contributed by atoms with E-state index in [9.17, 15) is 9.59 Å². The summed E-state index contributed by atoms with van der Waals surface area (Å²) in [7, 11) is 0. The second-order valence-corrected chi connectivity index (χ2v) is 8.56. The average Bonchev–Trinajstić information content (AvgIpc) is 3.31. The van der Waals surface area contributed by atoms with Gasteiger partial charge in [-0.2, -0.15) is 4.98 Å². The number of amides is 3. The van der Waals surface area contributed by atoms with Gasteiger partial charge < -0.3 is 20.1 Å². The van der Waals surface area contributed by atoms with Crippen LogP contribution in [0.4, 0.5) is 4.79 Å². The van der Waals surface area contributed by atoms with E-state index in [2.05, 4.69) is 25.7 Å². The SMILES string of the molecule is Cc1ccc(CNC(=O)NCC(=O)N2CCN(Cc3nc(-c4ccc(C)cc4)no3)CC2)cc1. The molecule has 0 unspecified atom stereocenters. The number of urea groups is 1. The van der Waals surface area contributed by atoms with Crippen molar-refractivity contribution in [2.75, 3.05) is 32.7 Å². The number of carbonyl (C=O) groups is 2. The highest BCUT2D eigenvalue weighted by molar-refractivity contribution is 5.84. The Morgan fingerprint density at radius 2 is 1.56 bits per heavy atom. The highest BCUT2D eigenvalue weighted by Crippen LogP contribution is 2.17. The van der Waals surface area contributed by atoms with Crippen LogP contribution < -0.4 is 10.6 Å². The fourth-order valence-corrected chi connectivity index (χ4v) is 3.70. The molecule has 0 radical (unpaired) electrons. The minimum Gasteiger partial charge on any atom is -0.339 e. The maximum absolute atomic E-state index is 12.5. The molecule has 9 nitrogen and oxygen atoms in total. The van der Waals surface area contributed by atoms with E-state index in [0.717, 1.165) is 11.1 Å². The number of aromatic nitrogens is 2. The third-order valence-corrected chi connectivity index (χ3v) is 5.84. The van der Waals surface area contributed by atoms with E-state index in [1.165, 1.54) is 11.1 Å². The van der Waals surface area contributed by atoms with Crippen LogP contribution in [-0.2, 0) is 17.9 Å². The molecule has 1 aliphatic rings. The van der Waals surface area contributed by atoms with E-state index < -0.39 is 0 Å². The molecule has 3 amide bonds. The maximum atomic E-state index is 12.5. The van der Waals surface area contributed by atoms with Crippen molar-refractivity contribution in [2.45, 2.75) is 26.9 Å². The molecule has 0 aliphatic carbocycles. The molecule has 178 valence electrons. The summed E-state index contributed by atoms with van der Waals surface area (Å²) in [6.45, 7) is 7.57. The fourth-order valence-electron chi connectivity index (χ4n) is 3.70. The molecule has 1 aromatic heterocycles. The third-order valence-electron chi connectivity index (χ3n) is 5.84. The van der Waals surface area contributed by atoms with Crippen LogP contribution in [0.3, 0.4) is 0 Å². The van der Waals surface area contributed by atoms with Gasteiger partial charge in [-0.15, -0.1) is 0 Å². The third kappa shape index (κ3) is 6.41. The van der Waals surface area contributed by atoms with Gasteiger partial charge in [0.15, 0.2) is 0 Å². The number of piperazine rings is 1. The van der Waals surface area contributed by atoms with Crippen molar-refractivity contribution in [3.63, 3.8) is 0 Å². The molecule has 0 saturated carbocycles. The van der Waals surface area contributed by atoms with Gasteiger partial charge >= 0.3 is 6.03 Å². The standard InChI is InChI=1S/C25H30N6O3/c1-18-3-7-20(8-4-18)15-26-25(33)27-16-23(32)31-13-11-30(12-14-31)17-22-28-24(29-34-22)21-9-5-19(2)6-10-21/h3-10H,11-17H2,1-2H3,(H2,26,27,33). The molecule has 1 saturated heterocycles. The Morgan fingerprint density at radius 3 is 2.24 bits per heavy atom. The van der Waals surface area contributed by atoms with Gasteiger partial charge in [-0.25, -0.2) is 4.79 Å². The molecule has 4 rings (SSSR count). The lowest BCUT2D eigenvalue weighted by Crippen LogP contribution is -2.51. The molecule has 2 heterocycles. The molecule has 0 atom stereocenters. The molecule has 34 heavy (non-hydrogen) atoms. The molecular weight excluding hydrogens is 432 g/mol. The average molecular weight is 463 g/mol. The lowest BCUT2D eigenvalue weighted by atomic mass is 10.1. The van der Waals surface area contributed by atoms with E-state index in [4.69, 9.17) is 4.52 Å². The number of rotatable bonds is 7. The Bertz CT molecular complexity index is 1100. The first-order valence-corrected chi connectivity index (χ1v) is 11.4. The lowest BCUT2D eigenvalue weighted by Gasteiger charge is -2.34. The summed E-state index contributed by atoms with van der Waals surface area (Å²) >= 11 is 0. The van der Waals surface area contributed by atoms with Crippen LogP contribution in [0.1, 0.15) is 22.6 Å². The zero-order valence-corrected chi connectivity index (χ0v) is 19.6. The maximum Gasteiger partial charge on any atom is 0.315 e. The van der Waals surface area contributed by atoms with E-state index in [-0.39, 0.29) is 18.5 Å². The Hall–Kier alpha value is -3.72. The molecule has 0 bridgehead atoms. The summed E-state index contributed by atoms with van der Waals surface area (Å²) in [6.07, 6.45) is 0. The van der Waals surface area contributed by atoms with Crippen molar-refractivity contribution in [2.24, 2.45) is 0 Å². The number of hydrogen-bond donors (Lipinski definition) is 2. The molecule has 2 aromatic carbocycles. The van der Waals surface area contributed by atoms with Crippen LogP contribution in [-0.4, -0.2) is 64.6 Å². The van der Waals surface area contributed by atoms with Crippen molar-refractivity contribution in [3.8, 4) is 11.4 Å². The molecule has 1 aliphatic heterocycles. The van der Waals surface area contributed by atoms with Crippen LogP contribution in [0.2, 0.25) is 0 Å². The first kappa shape index (κ1) is 23.4. The Kier molecular flexibility index (Phi) is 7.54. The van der Waals surface area contributed by atoms with Crippen LogP contribution in [0.25, 0.3) is 11.4 Å². The minimum absolute atomic E-state index is 0.0245. The van der Waals surface area contributed by atoms with Crippen molar-refractivity contribution >= 4 is 11.9 Å². The lowest BCUT2D eigenvalue weighted by molar-refractivity contribution is -0.131. The van der Waals surface area contributed by atoms with Gasteiger partial charge in [-0.3, -0.25) is 9.69 Å². The number of hydrogen-bond acceptors (Lipinski definition) is 6. The van der Waals surface area contributed by atoms with Gasteiger partial charge in [0.25, 0.3) is 0 Å². The number of nitrogens with one attached hydrogen (secondary N) is 2. The molecule has 0 spiro atoms. The van der Waals surface area contributed by atoms with Gasteiger partial charge in [-0.1, -0.05) is 64.8 Å². The Morgan fingerprint density at radius 1 is 0.912 bits per heavy atom. The second kappa shape index (κ2) is 10.9. The van der Waals surface area contributed by atoms with Crippen molar-refractivity contribution in [1.29, 1.82) is 0 Å². The summed E-state index contributed by atoms with van der Waals surface area (Å²) in [5.41, 5.74) is 4.28. The topological polar surface area (TPSA) is 104 Å². The van der Waals surface area contributed by atoms with Crippen LogP contribution in [0.5, 0.6) is 0 Å². The van der Waals surface area contributed by atoms with E-state index in [1.54, 1.807) is 4.90 Å². The van der Waals surface area contributed by atoms with Gasteiger partial charge in [0.1, 0.15) is 0 Å². The van der Waals surface area contributed by atoms with Crippen LogP contribution >= 0.6 is 0 Å². The van der Waals surface area contributed by atoms with Gasteiger partial charge in [-0.05, 0) is 19.4 Å². The Balaban J connectivity index is 1.16. The highest BCUT2D eigenvalue weighted by atomic mass is 16.5.